The van der Waals surface area contributed by atoms with Crippen LogP contribution in [-0.4, -0.2) is 42.1 Å². The Hall–Kier alpha value is -1.21. The van der Waals surface area contributed by atoms with Crippen LogP contribution < -0.4 is 0 Å². The van der Waals surface area contributed by atoms with Crippen LogP contribution >= 0.6 is 0 Å². The molecule has 0 saturated heterocycles. The van der Waals surface area contributed by atoms with Crippen LogP contribution in [0.25, 0.3) is 0 Å². The van der Waals surface area contributed by atoms with E-state index < -0.39 is 10.2 Å². The van der Waals surface area contributed by atoms with E-state index >= 15 is 0 Å². The van der Waals surface area contributed by atoms with E-state index in [0.717, 1.165) is 21.1 Å². The fourth-order valence-electron chi connectivity index (χ4n) is 1.36. The van der Waals surface area contributed by atoms with E-state index in [2.05, 4.69) is 4.98 Å². The SMILES string of the molecule is CCCCc1nc(C=O)cn1S(=O)(=O)N(C)C. The standard InChI is InChI=1S/C10H17N3O3S/c1-4-5-6-10-11-9(8-14)7-13(10)17(15,16)12(2)3/h7-8H,4-6H2,1-3H3. The van der Waals surface area contributed by atoms with Gasteiger partial charge in [-0.1, -0.05) is 13.3 Å². The fourth-order valence-corrected chi connectivity index (χ4v) is 2.35. The lowest BCUT2D eigenvalue weighted by Gasteiger charge is -2.13. The highest BCUT2D eigenvalue weighted by molar-refractivity contribution is 7.87. The maximum atomic E-state index is 12.0. The normalized spacial score (nSPS) is 12.0. The van der Waals surface area contributed by atoms with Crippen LogP contribution in [0.5, 0.6) is 0 Å². The highest BCUT2D eigenvalue weighted by Crippen LogP contribution is 2.11. The van der Waals surface area contributed by atoms with Gasteiger partial charge < -0.3 is 0 Å². The molecule has 1 aromatic rings. The minimum absolute atomic E-state index is 0.140. The van der Waals surface area contributed by atoms with E-state index in [9.17, 15) is 13.2 Å². The summed E-state index contributed by atoms with van der Waals surface area (Å²) >= 11 is 0. The predicted octanol–water partition coefficient (Wildman–Crippen LogP) is 0.693. The predicted molar refractivity (Wildman–Crippen MR) is 64.2 cm³/mol. The molecule has 0 radical (unpaired) electrons. The zero-order valence-corrected chi connectivity index (χ0v) is 11.1. The Labute approximate surface area is 101 Å². The number of aryl methyl sites for hydroxylation is 1. The Bertz CT molecular complexity index is 491. The van der Waals surface area contributed by atoms with Gasteiger partial charge in [-0.3, -0.25) is 4.79 Å². The van der Waals surface area contributed by atoms with Gasteiger partial charge in [-0.05, 0) is 6.42 Å². The summed E-state index contributed by atoms with van der Waals surface area (Å²) in [5, 5.41) is 0. The second kappa shape index (κ2) is 5.42. The van der Waals surface area contributed by atoms with Crippen molar-refractivity contribution in [3.8, 4) is 0 Å². The molecular weight excluding hydrogens is 242 g/mol. The first-order valence-corrected chi connectivity index (χ1v) is 6.79. The van der Waals surface area contributed by atoms with Crippen molar-refractivity contribution in [2.75, 3.05) is 14.1 Å². The maximum Gasteiger partial charge on any atom is 0.308 e. The Balaban J connectivity index is 3.21. The third-order valence-corrected chi connectivity index (χ3v) is 4.08. The molecule has 0 aromatic carbocycles. The first-order valence-electron chi connectivity index (χ1n) is 5.40. The highest BCUT2D eigenvalue weighted by Gasteiger charge is 2.21. The van der Waals surface area contributed by atoms with E-state index in [1.165, 1.54) is 20.3 Å². The van der Waals surface area contributed by atoms with Gasteiger partial charge in [-0.15, -0.1) is 0 Å². The number of aromatic nitrogens is 2. The van der Waals surface area contributed by atoms with Crippen molar-refractivity contribution < 1.29 is 13.2 Å². The van der Waals surface area contributed by atoms with E-state index in [0.29, 0.717) is 18.5 Å². The minimum Gasteiger partial charge on any atom is -0.296 e. The summed E-state index contributed by atoms with van der Waals surface area (Å²) in [4.78, 5) is 14.7. The number of carbonyl (C=O) groups excluding carboxylic acids is 1. The first-order chi connectivity index (χ1) is 7.93. The van der Waals surface area contributed by atoms with E-state index in [1.807, 2.05) is 6.92 Å². The lowest BCUT2D eigenvalue weighted by atomic mass is 10.2. The molecule has 6 nitrogen and oxygen atoms in total. The molecular formula is C10H17N3O3S. The average molecular weight is 259 g/mol. The molecule has 0 amide bonds. The van der Waals surface area contributed by atoms with Gasteiger partial charge >= 0.3 is 10.2 Å². The minimum atomic E-state index is -3.60. The molecule has 0 atom stereocenters. The molecule has 1 aromatic heterocycles. The molecule has 1 rings (SSSR count). The van der Waals surface area contributed by atoms with Gasteiger partial charge in [-0.2, -0.15) is 12.7 Å². The zero-order chi connectivity index (χ0) is 13.1. The van der Waals surface area contributed by atoms with Gasteiger partial charge in [0, 0.05) is 20.5 Å². The lowest BCUT2D eigenvalue weighted by molar-refractivity contribution is 0.111. The summed E-state index contributed by atoms with van der Waals surface area (Å²) in [5.41, 5.74) is 0.140. The number of aldehydes is 1. The van der Waals surface area contributed by atoms with Crippen molar-refractivity contribution in [2.24, 2.45) is 0 Å². The van der Waals surface area contributed by atoms with Crippen molar-refractivity contribution in [1.29, 1.82) is 0 Å². The lowest BCUT2D eigenvalue weighted by Crippen LogP contribution is -2.29. The van der Waals surface area contributed by atoms with Gasteiger partial charge in [-0.25, -0.2) is 8.96 Å². The number of unbranched alkanes of at least 4 members (excludes halogenated alkanes) is 1. The van der Waals surface area contributed by atoms with Gasteiger partial charge in [0.25, 0.3) is 0 Å². The second-order valence-electron chi connectivity index (χ2n) is 3.89. The van der Waals surface area contributed by atoms with E-state index in [4.69, 9.17) is 0 Å². The van der Waals surface area contributed by atoms with Gasteiger partial charge in [0.2, 0.25) is 0 Å². The summed E-state index contributed by atoms with van der Waals surface area (Å²) in [6.45, 7) is 2.01. The molecule has 96 valence electrons. The average Bonchev–Trinajstić information content (AvgIpc) is 2.69. The summed E-state index contributed by atoms with van der Waals surface area (Å²) in [6.07, 6.45) is 4.12. The van der Waals surface area contributed by atoms with Crippen molar-refractivity contribution in [3.05, 3.63) is 17.7 Å². The molecule has 0 aliphatic rings. The highest BCUT2D eigenvalue weighted by atomic mass is 32.2. The van der Waals surface area contributed by atoms with Gasteiger partial charge in [0.05, 0.1) is 6.20 Å². The molecule has 0 bridgehead atoms. The molecule has 0 aliphatic carbocycles. The molecule has 0 aliphatic heterocycles. The van der Waals surface area contributed by atoms with Crippen LogP contribution in [-0.2, 0) is 16.6 Å². The summed E-state index contributed by atoms with van der Waals surface area (Å²) in [6, 6.07) is 0. The summed E-state index contributed by atoms with van der Waals surface area (Å²) in [5.74, 6) is 0.405. The molecule has 1 heterocycles. The number of hydrogen-bond donors (Lipinski definition) is 0. The van der Waals surface area contributed by atoms with E-state index in [-0.39, 0.29) is 5.69 Å². The molecule has 17 heavy (non-hydrogen) atoms. The van der Waals surface area contributed by atoms with Crippen LogP contribution in [0, 0.1) is 0 Å². The van der Waals surface area contributed by atoms with Gasteiger partial charge in [0.15, 0.2) is 6.29 Å². The number of carbonyl (C=O) groups is 1. The number of imidazole rings is 1. The largest absolute Gasteiger partial charge is 0.308 e. The van der Waals surface area contributed by atoms with Crippen LogP contribution in [0.4, 0.5) is 0 Å². The van der Waals surface area contributed by atoms with Crippen LogP contribution in [0.15, 0.2) is 6.20 Å². The summed E-state index contributed by atoms with van der Waals surface area (Å²) in [7, 11) is -0.711. The van der Waals surface area contributed by atoms with Crippen molar-refractivity contribution in [2.45, 2.75) is 26.2 Å². The molecule has 0 unspecified atom stereocenters. The third-order valence-electron chi connectivity index (χ3n) is 2.35. The zero-order valence-electron chi connectivity index (χ0n) is 10.3. The maximum absolute atomic E-state index is 12.0. The van der Waals surface area contributed by atoms with Crippen LogP contribution in [0.1, 0.15) is 36.1 Å². The number of nitrogens with zero attached hydrogens (tertiary/aromatic N) is 3. The Morgan fingerprint density at radius 3 is 2.59 bits per heavy atom. The smallest absolute Gasteiger partial charge is 0.296 e. The topological polar surface area (TPSA) is 72.3 Å². The van der Waals surface area contributed by atoms with Crippen LogP contribution in [0.3, 0.4) is 0 Å². The van der Waals surface area contributed by atoms with Crippen LogP contribution in [0.2, 0.25) is 0 Å². The second-order valence-corrected chi connectivity index (χ2v) is 5.91. The Morgan fingerprint density at radius 2 is 2.12 bits per heavy atom. The quantitative estimate of drug-likeness (QED) is 0.705. The fraction of sp³-hybridized carbons (Fsp3) is 0.600. The van der Waals surface area contributed by atoms with Crippen molar-refractivity contribution in [1.82, 2.24) is 13.3 Å². The molecule has 0 saturated carbocycles. The van der Waals surface area contributed by atoms with Crippen molar-refractivity contribution >= 4 is 16.5 Å². The molecule has 7 heteroatoms. The Morgan fingerprint density at radius 1 is 1.47 bits per heavy atom. The molecule has 0 fully saturated rings. The summed E-state index contributed by atoms with van der Waals surface area (Å²) < 4.78 is 26.1. The number of hydrogen-bond acceptors (Lipinski definition) is 4. The number of rotatable bonds is 6. The first kappa shape index (κ1) is 13.9. The van der Waals surface area contributed by atoms with Gasteiger partial charge in [0.1, 0.15) is 11.5 Å². The Kier molecular flexibility index (Phi) is 4.41. The van der Waals surface area contributed by atoms with E-state index in [1.54, 1.807) is 0 Å². The van der Waals surface area contributed by atoms with Crippen molar-refractivity contribution in [3.63, 3.8) is 0 Å². The molecule has 0 spiro atoms. The monoisotopic (exact) mass is 259 g/mol. The third kappa shape index (κ3) is 2.92. The molecule has 0 N–H and O–H groups in total.